The Hall–Kier alpha value is -3.32. The molecule has 0 aliphatic carbocycles. The summed E-state index contributed by atoms with van der Waals surface area (Å²) in [6, 6.07) is 14.2. The standard InChI is InChI=1S/C27H31N3O/c1-17(2)30-25-12-19(4)21(14-24(25)20(5)15-27(30,6)7)13-22(16-28)26(31)29-23-10-8-18(3)9-11-23/h8-15,17H,1-7H3,(H,29,31)/b22-13-. The number of carbonyl (C=O) groups is 1. The molecule has 31 heavy (non-hydrogen) atoms. The van der Waals surface area contributed by atoms with Gasteiger partial charge in [0, 0.05) is 23.0 Å². The van der Waals surface area contributed by atoms with Gasteiger partial charge in [-0.25, -0.2) is 0 Å². The van der Waals surface area contributed by atoms with Gasteiger partial charge in [0.15, 0.2) is 0 Å². The molecule has 0 fully saturated rings. The number of carbonyl (C=O) groups excluding carboxylic acids is 1. The van der Waals surface area contributed by atoms with E-state index < -0.39 is 5.91 Å². The second kappa shape index (κ2) is 8.43. The zero-order valence-electron chi connectivity index (χ0n) is 19.5. The first-order valence-electron chi connectivity index (χ1n) is 10.7. The number of nitrogens with zero attached hydrogens (tertiary/aromatic N) is 2. The Bertz CT molecular complexity index is 1110. The van der Waals surface area contributed by atoms with Crippen molar-refractivity contribution in [2.45, 2.75) is 60.0 Å². The molecule has 0 atom stereocenters. The van der Waals surface area contributed by atoms with E-state index in [1.54, 1.807) is 6.08 Å². The van der Waals surface area contributed by atoms with Crippen LogP contribution in [0.3, 0.4) is 0 Å². The fourth-order valence-electron chi connectivity index (χ4n) is 4.45. The first-order chi connectivity index (χ1) is 14.5. The molecule has 4 heteroatoms. The third-order valence-electron chi connectivity index (χ3n) is 5.75. The number of hydrogen-bond acceptors (Lipinski definition) is 3. The van der Waals surface area contributed by atoms with Crippen molar-refractivity contribution in [1.82, 2.24) is 0 Å². The molecule has 0 spiro atoms. The highest BCUT2D eigenvalue weighted by Gasteiger charge is 2.33. The Kier molecular flexibility index (Phi) is 6.08. The zero-order chi connectivity index (χ0) is 22.9. The van der Waals surface area contributed by atoms with Crippen molar-refractivity contribution in [1.29, 1.82) is 5.26 Å². The van der Waals surface area contributed by atoms with E-state index in [0.717, 1.165) is 22.3 Å². The summed E-state index contributed by atoms with van der Waals surface area (Å²) >= 11 is 0. The number of allylic oxidation sites excluding steroid dienone is 1. The topological polar surface area (TPSA) is 56.1 Å². The monoisotopic (exact) mass is 413 g/mol. The van der Waals surface area contributed by atoms with Gasteiger partial charge in [0.2, 0.25) is 0 Å². The molecule has 1 amide bonds. The van der Waals surface area contributed by atoms with Gasteiger partial charge in [0.1, 0.15) is 11.6 Å². The smallest absolute Gasteiger partial charge is 0.266 e. The van der Waals surface area contributed by atoms with Gasteiger partial charge in [-0.1, -0.05) is 23.8 Å². The lowest BCUT2D eigenvalue weighted by molar-refractivity contribution is -0.112. The Labute approximate surface area is 185 Å². The van der Waals surface area contributed by atoms with Gasteiger partial charge in [-0.15, -0.1) is 0 Å². The lowest BCUT2D eigenvalue weighted by atomic mass is 9.85. The lowest BCUT2D eigenvalue weighted by Crippen LogP contribution is -2.49. The van der Waals surface area contributed by atoms with Crippen molar-refractivity contribution in [3.05, 3.63) is 70.3 Å². The van der Waals surface area contributed by atoms with Crippen LogP contribution in [-0.4, -0.2) is 17.5 Å². The average molecular weight is 414 g/mol. The number of amides is 1. The van der Waals surface area contributed by atoms with Crippen LogP contribution in [0.25, 0.3) is 11.6 Å². The number of rotatable bonds is 4. The molecule has 1 heterocycles. The summed E-state index contributed by atoms with van der Waals surface area (Å²) < 4.78 is 0. The minimum atomic E-state index is -0.402. The van der Waals surface area contributed by atoms with Crippen molar-refractivity contribution in [2.24, 2.45) is 0 Å². The molecule has 2 aromatic carbocycles. The summed E-state index contributed by atoms with van der Waals surface area (Å²) in [5.41, 5.74) is 7.24. The van der Waals surface area contributed by atoms with Gasteiger partial charge in [-0.2, -0.15) is 5.26 Å². The Morgan fingerprint density at radius 2 is 1.77 bits per heavy atom. The van der Waals surface area contributed by atoms with E-state index in [4.69, 9.17) is 0 Å². The maximum absolute atomic E-state index is 12.7. The number of anilines is 2. The number of benzene rings is 2. The summed E-state index contributed by atoms with van der Waals surface area (Å²) in [5.74, 6) is -0.402. The Morgan fingerprint density at radius 3 is 2.35 bits per heavy atom. The van der Waals surface area contributed by atoms with Crippen molar-refractivity contribution >= 4 is 28.9 Å². The van der Waals surface area contributed by atoms with E-state index in [9.17, 15) is 10.1 Å². The van der Waals surface area contributed by atoms with E-state index in [0.29, 0.717) is 11.7 Å². The average Bonchev–Trinajstić information content (AvgIpc) is 2.67. The second-order valence-corrected chi connectivity index (χ2v) is 9.16. The van der Waals surface area contributed by atoms with Gasteiger partial charge in [-0.3, -0.25) is 4.79 Å². The van der Waals surface area contributed by atoms with Crippen LogP contribution in [0.1, 0.15) is 56.9 Å². The number of hydrogen-bond donors (Lipinski definition) is 1. The Morgan fingerprint density at radius 1 is 1.13 bits per heavy atom. The molecular formula is C27H31N3O. The molecule has 3 rings (SSSR count). The normalized spacial score (nSPS) is 15.3. The van der Waals surface area contributed by atoms with Crippen molar-refractivity contribution in [3.63, 3.8) is 0 Å². The Balaban J connectivity index is 2.00. The van der Waals surface area contributed by atoms with Crippen LogP contribution in [0, 0.1) is 25.2 Å². The van der Waals surface area contributed by atoms with Gasteiger partial charge in [0.05, 0.1) is 5.54 Å². The number of nitriles is 1. The number of aryl methyl sites for hydroxylation is 2. The lowest BCUT2D eigenvalue weighted by Gasteiger charge is -2.46. The van der Waals surface area contributed by atoms with Gasteiger partial charge < -0.3 is 10.2 Å². The summed E-state index contributed by atoms with van der Waals surface area (Å²) in [7, 11) is 0. The van der Waals surface area contributed by atoms with Crippen LogP contribution >= 0.6 is 0 Å². The van der Waals surface area contributed by atoms with Crippen LogP contribution in [-0.2, 0) is 4.79 Å². The molecule has 4 nitrogen and oxygen atoms in total. The highest BCUT2D eigenvalue weighted by atomic mass is 16.1. The zero-order valence-corrected chi connectivity index (χ0v) is 19.5. The largest absolute Gasteiger partial charge is 0.360 e. The van der Waals surface area contributed by atoms with Crippen LogP contribution < -0.4 is 10.2 Å². The van der Waals surface area contributed by atoms with E-state index >= 15 is 0 Å². The van der Waals surface area contributed by atoms with Gasteiger partial charge in [0.25, 0.3) is 5.91 Å². The highest BCUT2D eigenvalue weighted by molar-refractivity contribution is 6.09. The van der Waals surface area contributed by atoms with Crippen LogP contribution in [0.15, 0.2) is 48.0 Å². The van der Waals surface area contributed by atoms with Gasteiger partial charge >= 0.3 is 0 Å². The third-order valence-corrected chi connectivity index (χ3v) is 5.75. The maximum Gasteiger partial charge on any atom is 0.266 e. The van der Waals surface area contributed by atoms with Crippen LogP contribution in [0.5, 0.6) is 0 Å². The highest BCUT2D eigenvalue weighted by Crippen LogP contribution is 2.41. The molecule has 0 radical (unpaired) electrons. The minimum absolute atomic E-state index is 0.0826. The summed E-state index contributed by atoms with van der Waals surface area (Å²) in [5, 5.41) is 12.5. The number of fused-ring (bicyclic) bond motifs is 1. The van der Waals surface area contributed by atoms with Crippen molar-refractivity contribution < 1.29 is 4.79 Å². The molecule has 0 aromatic heterocycles. The first kappa shape index (κ1) is 22.4. The molecule has 160 valence electrons. The maximum atomic E-state index is 12.7. The molecule has 1 aliphatic heterocycles. The summed E-state index contributed by atoms with van der Waals surface area (Å²) in [4.78, 5) is 15.1. The third kappa shape index (κ3) is 4.56. The molecule has 0 saturated carbocycles. The van der Waals surface area contributed by atoms with E-state index in [1.807, 2.05) is 38.1 Å². The predicted molar refractivity (Wildman–Crippen MR) is 130 cm³/mol. The number of nitrogens with one attached hydrogen (secondary N) is 1. The fourth-order valence-corrected chi connectivity index (χ4v) is 4.45. The van der Waals surface area contributed by atoms with E-state index in [1.165, 1.54) is 11.3 Å². The molecule has 1 aliphatic rings. The summed E-state index contributed by atoms with van der Waals surface area (Å²) in [6.45, 7) is 15.0. The molecule has 1 N–H and O–H groups in total. The SMILES string of the molecule is CC1=CC(C)(C)N(C(C)C)c2cc(C)c(/C=C(/C#N)C(=O)Nc3ccc(C)cc3)cc21. The van der Waals surface area contributed by atoms with E-state index in [2.05, 4.69) is 69.1 Å². The predicted octanol–water partition coefficient (Wildman–Crippen LogP) is 6.26. The van der Waals surface area contributed by atoms with Crippen molar-refractivity contribution in [3.8, 4) is 6.07 Å². The molecule has 0 saturated heterocycles. The fraction of sp³-hybridized carbons (Fsp3) is 0.333. The first-order valence-corrected chi connectivity index (χ1v) is 10.7. The van der Waals surface area contributed by atoms with Gasteiger partial charge in [-0.05, 0) is 95.5 Å². The minimum Gasteiger partial charge on any atom is -0.360 e. The molecule has 0 unspecified atom stereocenters. The van der Waals surface area contributed by atoms with Crippen molar-refractivity contribution in [2.75, 3.05) is 10.2 Å². The molecule has 0 bridgehead atoms. The van der Waals surface area contributed by atoms with E-state index in [-0.39, 0.29) is 11.1 Å². The molecular weight excluding hydrogens is 382 g/mol. The molecule has 2 aromatic rings. The van der Waals surface area contributed by atoms with Crippen LogP contribution in [0.2, 0.25) is 0 Å². The van der Waals surface area contributed by atoms with Crippen LogP contribution in [0.4, 0.5) is 11.4 Å². The summed E-state index contributed by atoms with van der Waals surface area (Å²) in [6.07, 6.45) is 3.97. The quantitative estimate of drug-likeness (QED) is 0.475. The second-order valence-electron chi connectivity index (χ2n) is 9.16.